The van der Waals surface area contributed by atoms with E-state index in [1.54, 1.807) is 13.3 Å². The number of aromatic nitrogens is 1. The van der Waals surface area contributed by atoms with Crippen LogP contribution >= 0.6 is 11.6 Å². The number of halogens is 1. The molecule has 1 fully saturated rings. The summed E-state index contributed by atoms with van der Waals surface area (Å²) in [7, 11) is 1.69. The third-order valence-corrected chi connectivity index (χ3v) is 7.23. The Bertz CT molecular complexity index is 1200. The number of ether oxygens (including phenoxy) is 2. The number of allylic oxidation sites excluding steroid dienone is 1. The van der Waals surface area contributed by atoms with Gasteiger partial charge in [0.25, 0.3) is 0 Å². The van der Waals surface area contributed by atoms with Crippen molar-refractivity contribution in [2.75, 3.05) is 26.7 Å². The van der Waals surface area contributed by atoms with Crippen molar-refractivity contribution in [1.82, 2.24) is 9.88 Å². The number of nitrogens with zero attached hydrogens (tertiary/aromatic N) is 2. The predicted octanol–water partition coefficient (Wildman–Crippen LogP) is 5.85. The lowest BCUT2D eigenvalue weighted by Crippen LogP contribution is -2.43. The topological polar surface area (TPSA) is 54.8 Å². The van der Waals surface area contributed by atoms with Gasteiger partial charge < -0.3 is 19.5 Å². The van der Waals surface area contributed by atoms with Crippen molar-refractivity contribution in [2.24, 2.45) is 0 Å². The molecule has 0 bridgehead atoms. The number of pyridine rings is 1. The van der Waals surface area contributed by atoms with Crippen LogP contribution in [0.3, 0.4) is 0 Å². The fraction of sp³-hybridized carbons (Fsp3) is 0.321. The second-order valence-electron chi connectivity index (χ2n) is 8.94. The minimum atomic E-state index is -0.850. The summed E-state index contributed by atoms with van der Waals surface area (Å²) in [5, 5.41) is 11.8. The summed E-state index contributed by atoms with van der Waals surface area (Å²) in [4.78, 5) is 6.89. The molecule has 0 atom stereocenters. The molecule has 0 spiro atoms. The number of piperidine rings is 1. The predicted molar refractivity (Wildman–Crippen MR) is 135 cm³/mol. The number of rotatable bonds is 5. The molecule has 0 radical (unpaired) electrons. The van der Waals surface area contributed by atoms with E-state index in [9.17, 15) is 5.11 Å². The second-order valence-corrected chi connectivity index (χ2v) is 9.35. The summed E-state index contributed by atoms with van der Waals surface area (Å²) >= 11 is 6.36. The van der Waals surface area contributed by atoms with E-state index >= 15 is 0 Å². The fourth-order valence-corrected chi connectivity index (χ4v) is 5.28. The highest BCUT2D eigenvalue weighted by Crippen LogP contribution is 2.41. The van der Waals surface area contributed by atoms with E-state index in [1.165, 1.54) is 5.57 Å². The van der Waals surface area contributed by atoms with Crippen molar-refractivity contribution in [3.63, 3.8) is 0 Å². The van der Waals surface area contributed by atoms with Crippen LogP contribution in [0.1, 0.15) is 36.0 Å². The lowest BCUT2D eigenvalue weighted by molar-refractivity contribution is -0.0253. The highest BCUT2D eigenvalue weighted by molar-refractivity contribution is 6.31. The van der Waals surface area contributed by atoms with Crippen LogP contribution in [0, 0.1) is 0 Å². The number of methoxy groups -OCH3 is 1. The Morgan fingerprint density at radius 1 is 1.12 bits per heavy atom. The molecule has 2 aliphatic rings. The van der Waals surface area contributed by atoms with Crippen LogP contribution in [0.25, 0.3) is 5.57 Å². The van der Waals surface area contributed by atoms with Crippen LogP contribution in [-0.2, 0) is 12.0 Å². The Morgan fingerprint density at radius 3 is 2.74 bits per heavy atom. The second kappa shape index (κ2) is 9.79. The Labute approximate surface area is 205 Å². The summed E-state index contributed by atoms with van der Waals surface area (Å²) < 4.78 is 11.8. The molecule has 34 heavy (non-hydrogen) atoms. The maximum atomic E-state index is 11.2. The van der Waals surface area contributed by atoms with Crippen molar-refractivity contribution >= 4 is 17.2 Å². The highest BCUT2D eigenvalue weighted by atomic mass is 35.5. The van der Waals surface area contributed by atoms with Gasteiger partial charge in [-0.2, -0.15) is 0 Å². The third kappa shape index (κ3) is 4.56. The number of benzene rings is 2. The van der Waals surface area contributed by atoms with Crippen LogP contribution < -0.4 is 9.47 Å². The minimum Gasteiger partial charge on any atom is -0.496 e. The molecule has 2 aliphatic heterocycles. The zero-order valence-corrected chi connectivity index (χ0v) is 20.1. The van der Waals surface area contributed by atoms with Gasteiger partial charge in [0.15, 0.2) is 0 Å². The quantitative estimate of drug-likeness (QED) is 0.500. The molecule has 5 nitrogen and oxygen atoms in total. The molecule has 3 heterocycles. The van der Waals surface area contributed by atoms with Gasteiger partial charge in [-0.05, 0) is 55.2 Å². The molecule has 0 saturated carbocycles. The lowest BCUT2D eigenvalue weighted by atomic mass is 9.84. The van der Waals surface area contributed by atoms with Crippen molar-refractivity contribution in [2.45, 2.75) is 31.3 Å². The summed E-state index contributed by atoms with van der Waals surface area (Å²) in [6.45, 7) is 2.60. The van der Waals surface area contributed by atoms with E-state index in [4.69, 9.17) is 21.1 Å². The number of hydrogen-bond donors (Lipinski definition) is 1. The lowest BCUT2D eigenvalue weighted by Gasteiger charge is -2.38. The van der Waals surface area contributed by atoms with Crippen LogP contribution in [0.4, 0.5) is 0 Å². The molecule has 5 rings (SSSR count). The Kier molecular flexibility index (Phi) is 6.59. The van der Waals surface area contributed by atoms with Gasteiger partial charge in [-0.25, -0.2) is 4.98 Å². The van der Waals surface area contributed by atoms with Crippen molar-refractivity contribution in [3.05, 3.63) is 88.6 Å². The molecule has 3 aromatic rings. The van der Waals surface area contributed by atoms with Gasteiger partial charge in [-0.15, -0.1) is 0 Å². The molecule has 2 aromatic carbocycles. The summed E-state index contributed by atoms with van der Waals surface area (Å²) in [6, 6.07) is 17.5. The number of aliphatic hydroxyl groups is 1. The largest absolute Gasteiger partial charge is 0.496 e. The summed E-state index contributed by atoms with van der Waals surface area (Å²) in [5.74, 6) is 2.24. The SMILES string of the molecule is COc1cccc2c1CC(=CCCN1CCC(O)(c3ccccc3Cl)CC1)c1cccnc1O2. The van der Waals surface area contributed by atoms with Gasteiger partial charge in [-0.3, -0.25) is 0 Å². The standard InChI is InChI=1S/C28H29ClN2O3/c1-33-25-11-4-12-26-22(25)19-20(21-8-5-15-30-27(21)34-26)7-6-16-31-17-13-28(32,14-18-31)23-9-2-3-10-24(23)29/h2-5,7-12,15,32H,6,13-14,16-19H2,1H3. The third-order valence-electron chi connectivity index (χ3n) is 6.90. The van der Waals surface area contributed by atoms with Crippen molar-refractivity contribution in [1.29, 1.82) is 0 Å². The first-order valence-corrected chi connectivity index (χ1v) is 12.1. The van der Waals surface area contributed by atoms with Crippen molar-refractivity contribution < 1.29 is 14.6 Å². The van der Waals surface area contributed by atoms with E-state index < -0.39 is 5.60 Å². The molecular weight excluding hydrogens is 448 g/mol. The molecule has 1 saturated heterocycles. The van der Waals surface area contributed by atoms with Crippen LogP contribution in [-0.4, -0.2) is 41.7 Å². The van der Waals surface area contributed by atoms with Gasteiger partial charge in [0.1, 0.15) is 11.5 Å². The van der Waals surface area contributed by atoms with E-state index in [1.807, 2.05) is 48.5 Å². The monoisotopic (exact) mass is 476 g/mol. The number of likely N-dealkylation sites (tertiary alicyclic amines) is 1. The summed E-state index contributed by atoms with van der Waals surface area (Å²) in [6.07, 6.45) is 7.04. The molecule has 1 aromatic heterocycles. The fourth-order valence-electron chi connectivity index (χ4n) is 4.97. The molecule has 0 aliphatic carbocycles. The molecule has 1 N–H and O–H groups in total. The first-order valence-electron chi connectivity index (χ1n) is 11.8. The van der Waals surface area contributed by atoms with Crippen LogP contribution in [0.5, 0.6) is 17.4 Å². The van der Waals surface area contributed by atoms with Gasteiger partial charge in [-0.1, -0.05) is 41.9 Å². The highest BCUT2D eigenvalue weighted by Gasteiger charge is 2.35. The van der Waals surface area contributed by atoms with Gasteiger partial charge in [0.05, 0.1) is 12.7 Å². The van der Waals surface area contributed by atoms with E-state index in [0.717, 1.165) is 60.7 Å². The summed E-state index contributed by atoms with van der Waals surface area (Å²) in [5.41, 5.74) is 3.24. The molecule has 0 unspecified atom stereocenters. The van der Waals surface area contributed by atoms with E-state index in [-0.39, 0.29) is 0 Å². The van der Waals surface area contributed by atoms with E-state index in [2.05, 4.69) is 22.0 Å². The average Bonchev–Trinajstić information content (AvgIpc) is 3.02. The maximum Gasteiger partial charge on any atom is 0.226 e. The average molecular weight is 477 g/mol. The normalized spacial score (nSPS) is 18.5. The zero-order valence-electron chi connectivity index (χ0n) is 19.3. The Morgan fingerprint density at radius 2 is 1.94 bits per heavy atom. The first kappa shape index (κ1) is 22.9. The first-order chi connectivity index (χ1) is 16.6. The van der Waals surface area contributed by atoms with Gasteiger partial charge in [0.2, 0.25) is 5.88 Å². The molecule has 176 valence electrons. The molecular formula is C28H29ClN2O3. The molecule has 0 amide bonds. The molecule has 6 heteroatoms. The maximum absolute atomic E-state index is 11.2. The Hall–Kier alpha value is -2.86. The van der Waals surface area contributed by atoms with Crippen LogP contribution in [0.15, 0.2) is 66.9 Å². The Balaban J connectivity index is 1.29. The van der Waals surface area contributed by atoms with E-state index in [0.29, 0.717) is 23.7 Å². The van der Waals surface area contributed by atoms with Crippen LogP contribution in [0.2, 0.25) is 5.02 Å². The minimum absolute atomic E-state index is 0.628. The smallest absolute Gasteiger partial charge is 0.226 e. The van der Waals surface area contributed by atoms with Gasteiger partial charge >= 0.3 is 0 Å². The van der Waals surface area contributed by atoms with Gasteiger partial charge in [0, 0.05) is 54.0 Å². The number of fused-ring (bicyclic) bond motifs is 2. The van der Waals surface area contributed by atoms with Crippen molar-refractivity contribution in [3.8, 4) is 17.4 Å². The number of hydrogen-bond acceptors (Lipinski definition) is 5. The zero-order chi connectivity index (χ0) is 23.5.